The fourth-order valence-electron chi connectivity index (χ4n) is 1.14. The van der Waals surface area contributed by atoms with Crippen molar-refractivity contribution >= 4 is 5.78 Å². The number of rotatable bonds is 5. The third kappa shape index (κ3) is 4.14. The van der Waals surface area contributed by atoms with Crippen molar-refractivity contribution in [2.24, 2.45) is 17.6 Å². The van der Waals surface area contributed by atoms with Crippen molar-refractivity contribution in [3.63, 3.8) is 0 Å². The molecule has 0 saturated heterocycles. The van der Waals surface area contributed by atoms with Gasteiger partial charge in [-0.25, -0.2) is 0 Å². The number of carbonyl (C=O) groups excluding carboxylic acids is 1. The Labute approximate surface area is 69.2 Å². The van der Waals surface area contributed by atoms with E-state index in [-0.39, 0.29) is 11.8 Å². The van der Waals surface area contributed by atoms with Crippen LogP contribution in [0.4, 0.5) is 0 Å². The summed E-state index contributed by atoms with van der Waals surface area (Å²) in [5.74, 6) is 0.722. The first-order chi connectivity index (χ1) is 5.09. The number of ketones is 1. The standard InChI is InChI=1S/C9H19NO/c1-7(2)9(11)8(3)5-4-6-10/h7-8H,4-6,10H2,1-3H3. The zero-order valence-electron chi connectivity index (χ0n) is 7.76. The molecule has 0 fully saturated rings. The molecular formula is C9H19NO. The van der Waals surface area contributed by atoms with Crippen LogP contribution in [0.15, 0.2) is 0 Å². The Hall–Kier alpha value is -0.370. The summed E-state index contributed by atoms with van der Waals surface area (Å²) in [5, 5.41) is 0. The molecule has 0 aliphatic carbocycles. The Morgan fingerprint density at radius 1 is 1.36 bits per heavy atom. The van der Waals surface area contributed by atoms with Gasteiger partial charge in [-0.1, -0.05) is 20.8 Å². The summed E-state index contributed by atoms with van der Waals surface area (Å²) < 4.78 is 0. The summed E-state index contributed by atoms with van der Waals surface area (Å²) in [7, 11) is 0. The van der Waals surface area contributed by atoms with Crippen LogP contribution in [0.2, 0.25) is 0 Å². The van der Waals surface area contributed by atoms with E-state index in [9.17, 15) is 4.79 Å². The molecule has 0 spiro atoms. The molecule has 11 heavy (non-hydrogen) atoms. The van der Waals surface area contributed by atoms with Gasteiger partial charge < -0.3 is 5.73 Å². The predicted octanol–water partition coefficient (Wildman–Crippen LogP) is 1.59. The van der Waals surface area contributed by atoms with E-state index < -0.39 is 0 Å². The van der Waals surface area contributed by atoms with Crippen LogP contribution >= 0.6 is 0 Å². The average molecular weight is 157 g/mol. The predicted molar refractivity (Wildman–Crippen MR) is 47.3 cm³/mol. The third-order valence-corrected chi connectivity index (χ3v) is 1.90. The van der Waals surface area contributed by atoms with Crippen LogP contribution in [0.25, 0.3) is 0 Å². The van der Waals surface area contributed by atoms with Crippen LogP contribution in [-0.4, -0.2) is 12.3 Å². The van der Waals surface area contributed by atoms with E-state index in [2.05, 4.69) is 0 Å². The molecule has 0 saturated carbocycles. The third-order valence-electron chi connectivity index (χ3n) is 1.90. The van der Waals surface area contributed by atoms with Gasteiger partial charge in [0.25, 0.3) is 0 Å². The number of hydrogen-bond donors (Lipinski definition) is 1. The average Bonchev–Trinajstić information content (AvgIpc) is 1.98. The van der Waals surface area contributed by atoms with Gasteiger partial charge in [0.1, 0.15) is 5.78 Å². The highest BCUT2D eigenvalue weighted by Crippen LogP contribution is 2.11. The number of carbonyl (C=O) groups is 1. The molecule has 0 aromatic heterocycles. The van der Waals surface area contributed by atoms with Crippen molar-refractivity contribution in [1.82, 2.24) is 0 Å². The first-order valence-electron chi connectivity index (χ1n) is 4.33. The molecule has 0 aliphatic heterocycles. The lowest BCUT2D eigenvalue weighted by Gasteiger charge is -2.11. The molecule has 0 aliphatic rings. The molecule has 0 heterocycles. The monoisotopic (exact) mass is 157 g/mol. The van der Waals surface area contributed by atoms with Gasteiger partial charge in [-0.2, -0.15) is 0 Å². The Morgan fingerprint density at radius 2 is 1.91 bits per heavy atom. The highest BCUT2D eigenvalue weighted by molar-refractivity contribution is 5.82. The molecule has 0 aromatic carbocycles. The van der Waals surface area contributed by atoms with Crippen molar-refractivity contribution in [1.29, 1.82) is 0 Å². The maximum atomic E-state index is 11.3. The lowest BCUT2D eigenvalue weighted by atomic mass is 9.93. The summed E-state index contributed by atoms with van der Waals surface area (Å²) >= 11 is 0. The molecule has 0 amide bonds. The molecule has 2 heteroatoms. The second kappa shape index (κ2) is 5.30. The molecule has 1 atom stereocenters. The quantitative estimate of drug-likeness (QED) is 0.658. The normalized spacial score (nSPS) is 13.5. The van der Waals surface area contributed by atoms with Gasteiger partial charge in [0, 0.05) is 11.8 Å². The van der Waals surface area contributed by atoms with Crippen LogP contribution in [0, 0.1) is 11.8 Å². The second-order valence-electron chi connectivity index (χ2n) is 3.39. The van der Waals surface area contributed by atoms with Gasteiger partial charge >= 0.3 is 0 Å². The zero-order valence-corrected chi connectivity index (χ0v) is 7.76. The van der Waals surface area contributed by atoms with Gasteiger partial charge in [0.15, 0.2) is 0 Å². The summed E-state index contributed by atoms with van der Waals surface area (Å²) in [6, 6.07) is 0. The summed E-state index contributed by atoms with van der Waals surface area (Å²) in [5.41, 5.74) is 5.34. The van der Waals surface area contributed by atoms with E-state index >= 15 is 0 Å². The van der Waals surface area contributed by atoms with E-state index in [1.54, 1.807) is 0 Å². The molecule has 1 unspecified atom stereocenters. The van der Waals surface area contributed by atoms with Gasteiger partial charge in [0.2, 0.25) is 0 Å². The summed E-state index contributed by atoms with van der Waals surface area (Å²) in [6.45, 7) is 6.57. The van der Waals surface area contributed by atoms with E-state index in [0.717, 1.165) is 12.8 Å². The topological polar surface area (TPSA) is 43.1 Å². The van der Waals surface area contributed by atoms with Gasteiger partial charge in [0.05, 0.1) is 0 Å². The van der Waals surface area contributed by atoms with Gasteiger partial charge in [-0.15, -0.1) is 0 Å². The first kappa shape index (κ1) is 10.6. The van der Waals surface area contributed by atoms with E-state index in [4.69, 9.17) is 5.73 Å². The second-order valence-corrected chi connectivity index (χ2v) is 3.39. The molecule has 0 aromatic rings. The summed E-state index contributed by atoms with van der Waals surface area (Å²) in [4.78, 5) is 11.3. The van der Waals surface area contributed by atoms with Crippen LogP contribution in [0.5, 0.6) is 0 Å². The Morgan fingerprint density at radius 3 is 2.27 bits per heavy atom. The maximum absolute atomic E-state index is 11.3. The minimum absolute atomic E-state index is 0.169. The van der Waals surface area contributed by atoms with Crippen molar-refractivity contribution < 1.29 is 4.79 Å². The lowest BCUT2D eigenvalue weighted by molar-refractivity contribution is -0.125. The zero-order chi connectivity index (χ0) is 8.85. The minimum atomic E-state index is 0.169. The number of hydrogen-bond acceptors (Lipinski definition) is 2. The van der Waals surface area contributed by atoms with Crippen LogP contribution in [0.3, 0.4) is 0 Å². The SMILES string of the molecule is CC(C)C(=O)C(C)CCCN. The fraction of sp³-hybridized carbons (Fsp3) is 0.889. The molecule has 2 nitrogen and oxygen atoms in total. The van der Waals surface area contributed by atoms with E-state index in [1.165, 1.54) is 0 Å². The molecule has 0 bridgehead atoms. The number of Topliss-reactive ketones (excluding diaryl/α,β-unsaturated/α-hetero) is 1. The van der Waals surface area contributed by atoms with Crippen molar-refractivity contribution in [2.45, 2.75) is 33.6 Å². The largest absolute Gasteiger partial charge is 0.330 e. The Balaban J connectivity index is 3.64. The molecule has 0 rings (SSSR count). The van der Waals surface area contributed by atoms with E-state index in [1.807, 2.05) is 20.8 Å². The molecule has 2 N–H and O–H groups in total. The van der Waals surface area contributed by atoms with Crippen molar-refractivity contribution in [2.75, 3.05) is 6.54 Å². The van der Waals surface area contributed by atoms with Gasteiger partial charge in [-0.05, 0) is 19.4 Å². The molecule has 66 valence electrons. The Bertz CT molecular complexity index is 121. The number of nitrogens with two attached hydrogens (primary N) is 1. The van der Waals surface area contributed by atoms with Gasteiger partial charge in [-0.3, -0.25) is 4.79 Å². The minimum Gasteiger partial charge on any atom is -0.330 e. The highest BCUT2D eigenvalue weighted by Gasteiger charge is 2.14. The maximum Gasteiger partial charge on any atom is 0.138 e. The smallest absolute Gasteiger partial charge is 0.138 e. The van der Waals surface area contributed by atoms with Crippen molar-refractivity contribution in [3.05, 3.63) is 0 Å². The molecular weight excluding hydrogens is 138 g/mol. The lowest BCUT2D eigenvalue weighted by Crippen LogP contribution is -2.17. The highest BCUT2D eigenvalue weighted by atomic mass is 16.1. The summed E-state index contributed by atoms with van der Waals surface area (Å²) in [6.07, 6.45) is 1.90. The van der Waals surface area contributed by atoms with Crippen LogP contribution in [0.1, 0.15) is 33.6 Å². The fourth-order valence-corrected chi connectivity index (χ4v) is 1.14. The van der Waals surface area contributed by atoms with E-state index in [0.29, 0.717) is 12.3 Å². The van der Waals surface area contributed by atoms with Crippen LogP contribution < -0.4 is 5.73 Å². The molecule has 0 radical (unpaired) electrons. The first-order valence-corrected chi connectivity index (χ1v) is 4.33. The van der Waals surface area contributed by atoms with Crippen LogP contribution in [-0.2, 0) is 4.79 Å². The Kier molecular flexibility index (Phi) is 5.12. The van der Waals surface area contributed by atoms with Crippen molar-refractivity contribution in [3.8, 4) is 0 Å².